The van der Waals surface area contributed by atoms with Gasteiger partial charge >= 0.3 is 0 Å². The van der Waals surface area contributed by atoms with Crippen LogP contribution in [0.1, 0.15) is 71.6 Å². The van der Waals surface area contributed by atoms with E-state index >= 15 is 0 Å². The maximum Gasteiger partial charge on any atom is 0.238 e. The Morgan fingerprint density at radius 3 is 1.79 bits per heavy atom. The molecule has 5 nitrogen and oxygen atoms in total. The van der Waals surface area contributed by atoms with E-state index in [0.717, 1.165) is 16.7 Å². The number of phenols is 1. The van der Waals surface area contributed by atoms with Crippen LogP contribution in [-0.2, 0) is 26.8 Å². The fourth-order valence-corrected chi connectivity index (χ4v) is 2.46. The molecule has 0 atom stereocenters. The lowest BCUT2D eigenvalue weighted by atomic mass is 9.78. The third kappa shape index (κ3) is 5.55. The molecular formula is C19H30N2O3. The molecule has 3 N–H and O–H groups in total. The molecule has 2 amide bonds. The van der Waals surface area contributed by atoms with Crippen LogP contribution in [0, 0.1) is 0 Å². The van der Waals surface area contributed by atoms with Gasteiger partial charge in [0, 0.05) is 13.3 Å². The van der Waals surface area contributed by atoms with Gasteiger partial charge in [0.2, 0.25) is 11.8 Å². The van der Waals surface area contributed by atoms with Gasteiger partial charge in [-0.1, -0.05) is 53.7 Å². The quantitative estimate of drug-likeness (QED) is 0.743. The van der Waals surface area contributed by atoms with Crippen LogP contribution >= 0.6 is 0 Å². The number of carbonyl (C=O) groups is 2. The van der Waals surface area contributed by atoms with Crippen LogP contribution in [0.4, 0.5) is 0 Å². The molecule has 24 heavy (non-hydrogen) atoms. The van der Waals surface area contributed by atoms with Gasteiger partial charge in [-0.05, 0) is 33.9 Å². The molecule has 0 unspecified atom stereocenters. The molecule has 0 spiro atoms. The third-order valence-electron chi connectivity index (χ3n) is 3.80. The molecule has 0 heterocycles. The van der Waals surface area contributed by atoms with Crippen molar-refractivity contribution >= 4 is 11.8 Å². The number of aromatic hydroxyl groups is 1. The van der Waals surface area contributed by atoms with Gasteiger partial charge in [-0.2, -0.15) is 0 Å². The van der Waals surface area contributed by atoms with Crippen molar-refractivity contribution in [2.24, 2.45) is 0 Å². The first-order valence-corrected chi connectivity index (χ1v) is 8.24. The zero-order valence-electron chi connectivity index (χ0n) is 15.8. The molecule has 134 valence electrons. The highest BCUT2D eigenvalue weighted by molar-refractivity contribution is 5.80. The van der Waals surface area contributed by atoms with Crippen molar-refractivity contribution in [1.82, 2.24) is 10.9 Å². The van der Waals surface area contributed by atoms with Crippen molar-refractivity contribution < 1.29 is 14.7 Å². The number of hydrogen-bond donors (Lipinski definition) is 3. The van der Waals surface area contributed by atoms with E-state index in [1.54, 1.807) is 0 Å². The van der Waals surface area contributed by atoms with Gasteiger partial charge < -0.3 is 5.11 Å². The molecule has 1 aromatic rings. The van der Waals surface area contributed by atoms with Crippen molar-refractivity contribution in [3.05, 3.63) is 28.8 Å². The fraction of sp³-hybridized carbons (Fsp3) is 0.579. The first kappa shape index (κ1) is 20.0. The van der Waals surface area contributed by atoms with E-state index in [9.17, 15) is 14.7 Å². The number of rotatable bonds is 3. The van der Waals surface area contributed by atoms with Gasteiger partial charge in [0.1, 0.15) is 5.75 Å². The molecular weight excluding hydrogens is 304 g/mol. The highest BCUT2D eigenvalue weighted by Crippen LogP contribution is 2.39. The molecule has 0 bridgehead atoms. The lowest BCUT2D eigenvalue weighted by Gasteiger charge is -2.28. The Bertz CT molecular complexity index is 587. The molecule has 0 aliphatic rings. The Balaban J connectivity index is 3.07. The molecule has 5 heteroatoms. The summed E-state index contributed by atoms with van der Waals surface area (Å²) in [6.45, 7) is 13.7. The molecule has 0 aliphatic heterocycles. The number of benzene rings is 1. The Kier molecular flexibility index (Phi) is 6.04. The molecule has 0 aliphatic carbocycles. The number of hydrazine groups is 1. The number of hydrogen-bond acceptors (Lipinski definition) is 3. The standard InChI is InChI=1S/C19H30N2O3/c1-12(22)20-21-16(23)9-8-13-10-14(18(2,3)4)17(24)15(11-13)19(5,6)7/h10-11,24H,8-9H2,1-7H3,(H,20,22)(H,21,23). The number of nitrogens with one attached hydrogen (secondary N) is 2. The van der Waals surface area contributed by atoms with Crippen molar-refractivity contribution in [2.45, 2.75) is 72.1 Å². The predicted molar refractivity (Wildman–Crippen MR) is 95.8 cm³/mol. The third-order valence-corrected chi connectivity index (χ3v) is 3.80. The van der Waals surface area contributed by atoms with E-state index in [4.69, 9.17) is 0 Å². The second-order valence-electron chi connectivity index (χ2n) is 8.27. The molecule has 0 aromatic heterocycles. The molecule has 0 saturated carbocycles. The number of aryl methyl sites for hydroxylation is 1. The summed E-state index contributed by atoms with van der Waals surface area (Å²) in [5.41, 5.74) is 7.02. The fourth-order valence-electron chi connectivity index (χ4n) is 2.46. The Morgan fingerprint density at radius 1 is 0.958 bits per heavy atom. The summed E-state index contributed by atoms with van der Waals surface area (Å²) in [6, 6.07) is 3.94. The van der Waals surface area contributed by atoms with Gasteiger partial charge in [0.25, 0.3) is 0 Å². The molecule has 0 saturated heterocycles. The van der Waals surface area contributed by atoms with Crippen LogP contribution in [0.25, 0.3) is 0 Å². The minimum absolute atomic E-state index is 0.196. The van der Waals surface area contributed by atoms with Crippen LogP contribution in [0.3, 0.4) is 0 Å². The molecule has 1 rings (SSSR count). The Hall–Kier alpha value is -2.04. The van der Waals surface area contributed by atoms with Gasteiger partial charge in [0.15, 0.2) is 0 Å². The summed E-state index contributed by atoms with van der Waals surface area (Å²) < 4.78 is 0. The van der Waals surface area contributed by atoms with E-state index in [1.165, 1.54) is 6.92 Å². The van der Waals surface area contributed by atoms with Crippen LogP contribution in [0.15, 0.2) is 12.1 Å². The van der Waals surface area contributed by atoms with E-state index in [0.29, 0.717) is 12.2 Å². The average molecular weight is 334 g/mol. The van der Waals surface area contributed by atoms with Gasteiger partial charge in [-0.15, -0.1) is 0 Å². The summed E-state index contributed by atoms with van der Waals surface area (Å²) in [4.78, 5) is 22.6. The number of amides is 2. The van der Waals surface area contributed by atoms with E-state index < -0.39 is 0 Å². The maximum absolute atomic E-state index is 11.8. The molecule has 1 aromatic carbocycles. The minimum atomic E-state index is -0.307. The second kappa shape index (κ2) is 7.24. The van der Waals surface area contributed by atoms with Gasteiger partial charge in [-0.25, -0.2) is 0 Å². The van der Waals surface area contributed by atoms with E-state index in [1.807, 2.05) is 12.1 Å². The molecule has 0 fully saturated rings. The van der Waals surface area contributed by atoms with Crippen molar-refractivity contribution in [2.75, 3.05) is 0 Å². The average Bonchev–Trinajstić information content (AvgIpc) is 2.41. The zero-order chi connectivity index (χ0) is 18.7. The minimum Gasteiger partial charge on any atom is -0.507 e. The van der Waals surface area contributed by atoms with E-state index in [2.05, 4.69) is 52.4 Å². The lowest BCUT2D eigenvalue weighted by molar-refractivity contribution is -0.127. The van der Waals surface area contributed by atoms with Gasteiger partial charge in [0.05, 0.1) is 0 Å². The smallest absolute Gasteiger partial charge is 0.238 e. The lowest BCUT2D eigenvalue weighted by Crippen LogP contribution is -2.40. The first-order valence-electron chi connectivity index (χ1n) is 8.24. The highest BCUT2D eigenvalue weighted by Gasteiger charge is 2.26. The van der Waals surface area contributed by atoms with Gasteiger partial charge in [-0.3, -0.25) is 20.4 Å². The summed E-state index contributed by atoms with van der Waals surface area (Å²) >= 11 is 0. The van der Waals surface area contributed by atoms with Crippen molar-refractivity contribution in [1.29, 1.82) is 0 Å². The van der Waals surface area contributed by atoms with Crippen LogP contribution in [-0.4, -0.2) is 16.9 Å². The Labute approximate surface area is 144 Å². The number of phenolic OH excluding ortho intramolecular Hbond substituents is 1. The van der Waals surface area contributed by atoms with Crippen LogP contribution < -0.4 is 10.9 Å². The highest BCUT2D eigenvalue weighted by atomic mass is 16.3. The summed E-state index contributed by atoms with van der Waals surface area (Å²) in [5.74, 6) is -0.215. The van der Waals surface area contributed by atoms with E-state index in [-0.39, 0.29) is 29.1 Å². The zero-order valence-corrected chi connectivity index (χ0v) is 15.8. The van der Waals surface area contributed by atoms with Crippen molar-refractivity contribution in [3.8, 4) is 5.75 Å². The monoisotopic (exact) mass is 334 g/mol. The maximum atomic E-state index is 11.8. The summed E-state index contributed by atoms with van der Waals surface area (Å²) in [6.07, 6.45) is 0.802. The topological polar surface area (TPSA) is 78.4 Å². The number of carbonyl (C=O) groups excluding carboxylic acids is 2. The SMILES string of the molecule is CC(=O)NNC(=O)CCc1cc(C(C)(C)C)c(O)c(C(C)(C)C)c1. The first-order chi connectivity index (χ1) is 10.8. The Morgan fingerprint density at radius 2 is 1.42 bits per heavy atom. The van der Waals surface area contributed by atoms with Crippen LogP contribution in [0.2, 0.25) is 0 Å². The summed E-state index contributed by atoms with van der Waals surface area (Å²) in [7, 11) is 0. The van der Waals surface area contributed by atoms with Crippen LogP contribution in [0.5, 0.6) is 5.75 Å². The largest absolute Gasteiger partial charge is 0.507 e. The molecule has 0 radical (unpaired) electrons. The predicted octanol–water partition coefficient (Wildman–Crippen LogP) is 3.09. The van der Waals surface area contributed by atoms with Crippen molar-refractivity contribution in [3.63, 3.8) is 0 Å². The normalized spacial score (nSPS) is 12.0. The second-order valence-corrected chi connectivity index (χ2v) is 8.27. The summed E-state index contributed by atoms with van der Waals surface area (Å²) in [5, 5.41) is 10.7.